The number of amides is 1. The summed E-state index contributed by atoms with van der Waals surface area (Å²) >= 11 is 0. The summed E-state index contributed by atoms with van der Waals surface area (Å²) in [6.45, 7) is 3.88. The summed E-state index contributed by atoms with van der Waals surface area (Å²) in [6, 6.07) is 1.63. The lowest BCUT2D eigenvalue weighted by molar-refractivity contribution is -0.384. The summed E-state index contributed by atoms with van der Waals surface area (Å²) in [6.07, 6.45) is 3.39. The predicted molar refractivity (Wildman–Crippen MR) is 86.1 cm³/mol. The molecule has 9 nitrogen and oxygen atoms in total. The molecule has 0 aromatic carbocycles. The number of hydrogen-bond acceptors (Lipinski definition) is 6. The van der Waals surface area contributed by atoms with Crippen molar-refractivity contribution in [2.75, 3.05) is 31.1 Å². The van der Waals surface area contributed by atoms with E-state index in [0.717, 1.165) is 0 Å². The quantitative estimate of drug-likeness (QED) is 0.620. The average molecular weight is 333 g/mol. The number of anilines is 1. The first-order valence-corrected chi connectivity index (χ1v) is 7.79. The van der Waals surface area contributed by atoms with Gasteiger partial charge in [-0.3, -0.25) is 14.9 Å². The maximum absolute atomic E-state index is 12.3. The number of furan rings is 1. The first kappa shape index (κ1) is 16.0. The molecule has 1 aliphatic heterocycles. The van der Waals surface area contributed by atoms with Gasteiger partial charge < -0.3 is 14.2 Å². The summed E-state index contributed by atoms with van der Waals surface area (Å²) in [5.74, 6) is 0.421. The van der Waals surface area contributed by atoms with Gasteiger partial charge in [0.15, 0.2) is 0 Å². The molecule has 0 aliphatic carbocycles. The Hall–Kier alpha value is -2.84. The van der Waals surface area contributed by atoms with Crippen LogP contribution < -0.4 is 4.90 Å². The Labute approximate surface area is 138 Å². The Balaban J connectivity index is 1.77. The van der Waals surface area contributed by atoms with Crippen LogP contribution in [0.15, 0.2) is 23.0 Å². The van der Waals surface area contributed by atoms with Gasteiger partial charge >= 0.3 is 5.69 Å². The van der Waals surface area contributed by atoms with E-state index >= 15 is 0 Å². The zero-order valence-electron chi connectivity index (χ0n) is 13.6. The van der Waals surface area contributed by atoms with Crippen molar-refractivity contribution in [1.82, 2.24) is 14.7 Å². The van der Waals surface area contributed by atoms with E-state index in [1.165, 1.54) is 12.5 Å². The number of rotatable bonds is 4. The van der Waals surface area contributed by atoms with Gasteiger partial charge in [0, 0.05) is 33.2 Å². The second kappa shape index (κ2) is 6.34. The molecule has 128 valence electrons. The Bertz CT molecular complexity index is 744. The summed E-state index contributed by atoms with van der Waals surface area (Å²) in [7, 11) is 1.71. The van der Waals surface area contributed by atoms with E-state index < -0.39 is 0 Å². The minimum absolute atomic E-state index is 0.0645. The van der Waals surface area contributed by atoms with E-state index in [2.05, 4.69) is 5.10 Å². The van der Waals surface area contributed by atoms with Crippen LogP contribution in [0.25, 0.3) is 0 Å². The second-order valence-electron chi connectivity index (χ2n) is 5.64. The van der Waals surface area contributed by atoms with E-state index in [1.807, 2.05) is 11.8 Å². The van der Waals surface area contributed by atoms with Gasteiger partial charge in [0.2, 0.25) is 5.82 Å². The van der Waals surface area contributed by atoms with Crippen molar-refractivity contribution < 1.29 is 14.1 Å². The molecule has 1 fully saturated rings. The van der Waals surface area contributed by atoms with Crippen LogP contribution in [0.5, 0.6) is 0 Å². The third-order valence-corrected chi connectivity index (χ3v) is 4.21. The SMILES string of the molecule is CCc1nn(C)c(N2CCN(C(=O)c3ccoc3)CC2)c1[N+](=O)[O-]. The predicted octanol–water partition coefficient (Wildman–Crippen LogP) is 1.45. The van der Waals surface area contributed by atoms with Crippen LogP contribution in [0.3, 0.4) is 0 Å². The highest BCUT2D eigenvalue weighted by molar-refractivity contribution is 5.94. The first-order chi connectivity index (χ1) is 11.5. The minimum atomic E-state index is -0.371. The normalized spacial score (nSPS) is 14.9. The molecule has 1 saturated heterocycles. The number of carbonyl (C=O) groups is 1. The number of hydrogen-bond donors (Lipinski definition) is 0. The zero-order valence-corrected chi connectivity index (χ0v) is 13.6. The van der Waals surface area contributed by atoms with Gasteiger partial charge in [0.05, 0.1) is 16.7 Å². The van der Waals surface area contributed by atoms with Crippen LogP contribution in [0.2, 0.25) is 0 Å². The van der Waals surface area contributed by atoms with Crippen LogP contribution in [0.1, 0.15) is 23.0 Å². The number of piperazine rings is 1. The largest absolute Gasteiger partial charge is 0.472 e. The van der Waals surface area contributed by atoms with Crippen molar-refractivity contribution >= 4 is 17.4 Å². The second-order valence-corrected chi connectivity index (χ2v) is 5.64. The van der Waals surface area contributed by atoms with E-state index in [1.54, 1.807) is 22.7 Å². The van der Waals surface area contributed by atoms with E-state index in [0.29, 0.717) is 49.7 Å². The monoisotopic (exact) mass is 333 g/mol. The molecule has 0 radical (unpaired) electrons. The summed E-state index contributed by atoms with van der Waals surface area (Å²) in [4.78, 5) is 27.0. The van der Waals surface area contributed by atoms with Gasteiger partial charge in [0.1, 0.15) is 12.0 Å². The highest BCUT2D eigenvalue weighted by Gasteiger charge is 2.32. The highest BCUT2D eigenvalue weighted by atomic mass is 16.6. The molecule has 3 rings (SSSR count). The molecule has 1 aliphatic rings. The first-order valence-electron chi connectivity index (χ1n) is 7.79. The Morgan fingerprint density at radius 2 is 2.08 bits per heavy atom. The summed E-state index contributed by atoms with van der Waals surface area (Å²) < 4.78 is 6.51. The molecule has 9 heteroatoms. The van der Waals surface area contributed by atoms with Crippen molar-refractivity contribution in [3.8, 4) is 0 Å². The lowest BCUT2D eigenvalue weighted by atomic mass is 10.2. The zero-order chi connectivity index (χ0) is 17.3. The maximum Gasteiger partial charge on any atom is 0.334 e. The smallest absolute Gasteiger partial charge is 0.334 e. The number of nitro groups is 1. The molecule has 0 atom stereocenters. The van der Waals surface area contributed by atoms with Gasteiger partial charge in [-0.2, -0.15) is 5.10 Å². The number of nitrogens with zero attached hydrogens (tertiary/aromatic N) is 5. The molecule has 2 aromatic heterocycles. The molecule has 0 saturated carbocycles. The Kier molecular flexibility index (Phi) is 4.24. The van der Waals surface area contributed by atoms with E-state index in [-0.39, 0.29) is 16.5 Å². The molecule has 3 heterocycles. The van der Waals surface area contributed by atoms with Crippen LogP contribution in [-0.4, -0.2) is 51.7 Å². The summed E-state index contributed by atoms with van der Waals surface area (Å²) in [5, 5.41) is 15.7. The number of carbonyl (C=O) groups excluding carboxylic acids is 1. The van der Waals surface area contributed by atoms with Crippen LogP contribution in [0, 0.1) is 10.1 Å². The number of aromatic nitrogens is 2. The summed E-state index contributed by atoms with van der Waals surface area (Å²) in [5.41, 5.74) is 1.06. The van der Waals surface area contributed by atoms with Gasteiger partial charge in [-0.15, -0.1) is 0 Å². The van der Waals surface area contributed by atoms with Crippen molar-refractivity contribution in [3.05, 3.63) is 40.0 Å². The van der Waals surface area contributed by atoms with Crippen molar-refractivity contribution in [3.63, 3.8) is 0 Å². The standard InChI is InChI=1S/C15H19N5O4/c1-3-12-13(20(22)23)14(17(2)16-12)18-5-7-19(8-6-18)15(21)11-4-9-24-10-11/h4,9-10H,3,5-8H2,1-2H3. The maximum atomic E-state index is 12.3. The fourth-order valence-electron chi connectivity index (χ4n) is 3.03. The third-order valence-electron chi connectivity index (χ3n) is 4.21. The van der Waals surface area contributed by atoms with Crippen molar-refractivity contribution in [2.45, 2.75) is 13.3 Å². The average Bonchev–Trinajstić information content (AvgIpc) is 3.21. The third kappa shape index (κ3) is 2.72. The molecule has 0 unspecified atom stereocenters. The van der Waals surface area contributed by atoms with Crippen LogP contribution >= 0.6 is 0 Å². The molecule has 24 heavy (non-hydrogen) atoms. The fourth-order valence-corrected chi connectivity index (χ4v) is 3.03. The molecule has 2 aromatic rings. The van der Waals surface area contributed by atoms with Gasteiger partial charge in [-0.1, -0.05) is 6.92 Å². The lowest BCUT2D eigenvalue weighted by Gasteiger charge is -2.35. The van der Waals surface area contributed by atoms with Crippen LogP contribution in [0.4, 0.5) is 11.5 Å². The van der Waals surface area contributed by atoms with Gasteiger partial charge in [-0.05, 0) is 12.5 Å². The molecule has 1 amide bonds. The lowest BCUT2D eigenvalue weighted by Crippen LogP contribution is -2.49. The van der Waals surface area contributed by atoms with Gasteiger partial charge in [0.25, 0.3) is 5.91 Å². The van der Waals surface area contributed by atoms with Gasteiger partial charge in [-0.25, -0.2) is 4.68 Å². The molecule has 0 N–H and O–H groups in total. The Morgan fingerprint density at radius 1 is 1.38 bits per heavy atom. The Morgan fingerprint density at radius 3 is 2.62 bits per heavy atom. The van der Waals surface area contributed by atoms with Crippen LogP contribution in [-0.2, 0) is 13.5 Å². The highest BCUT2D eigenvalue weighted by Crippen LogP contribution is 2.32. The number of aryl methyl sites for hydroxylation is 2. The topological polar surface area (TPSA) is 97.7 Å². The molecular weight excluding hydrogens is 314 g/mol. The molecular formula is C15H19N5O4. The molecule has 0 bridgehead atoms. The minimum Gasteiger partial charge on any atom is -0.472 e. The van der Waals surface area contributed by atoms with Crippen molar-refractivity contribution in [1.29, 1.82) is 0 Å². The van der Waals surface area contributed by atoms with E-state index in [9.17, 15) is 14.9 Å². The fraction of sp³-hybridized carbons (Fsp3) is 0.467. The molecule has 0 spiro atoms. The van der Waals surface area contributed by atoms with E-state index in [4.69, 9.17) is 4.42 Å². The van der Waals surface area contributed by atoms with Crippen molar-refractivity contribution in [2.24, 2.45) is 7.05 Å².